The Morgan fingerprint density at radius 2 is 1.81 bits per heavy atom. The van der Waals surface area contributed by atoms with Gasteiger partial charge in [0.2, 0.25) is 0 Å². The van der Waals surface area contributed by atoms with Crippen LogP contribution in [0.15, 0.2) is 22.7 Å². The number of oxime groups is 1. The molecular weight excluding hydrogens is 342 g/mol. The molecule has 4 nitrogen and oxygen atoms in total. The molecule has 0 saturated carbocycles. The first-order valence-electron chi connectivity index (χ1n) is 9.27. The number of hydrogen-bond donors (Lipinski definition) is 2. The molecule has 0 amide bonds. The number of amidine groups is 1. The van der Waals surface area contributed by atoms with E-state index >= 15 is 0 Å². The van der Waals surface area contributed by atoms with E-state index in [1.807, 2.05) is 0 Å². The van der Waals surface area contributed by atoms with Crippen molar-refractivity contribution in [3.8, 4) is 11.3 Å². The Balaban J connectivity index is 2.11. The predicted octanol–water partition coefficient (Wildman–Crippen LogP) is 5.01. The van der Waals surface area contributed by atoms with Gasteiger partial charge in [-0.2, -0.15) is 0 Å². The van der Waals surface area contributed by atoms with Gasteiger partial charge in [-0.25, -0.2) is 4.98 Å². The highest BCUT2D eigenvalue weighted by Gasteiger charge is 2.37. The molecule has 0 bridgehead atoms. The lowest BCUT2D eigenvalue weighted by atomic mass is 9.62. The van der Waals surface area contributed by atoms with Crippen LogP contribution in [0.1, 0.15) is 69.2 Å². The summed E-state index contributed by atoms with van der Waals surface area (Å²) in [7, 11) is 0. The Bertz CT molecular complexity index is 849. The topological polar surface area (TPSA) is 71.5 Å². The average molecular weight is 372 g/mol. The van der Waals surface area contributed by atoms with E-state index in [0.717, 1.165) is 17.1 Å². The van der Waals surface area contributed by atoms with Crippen molar-refractivity contribution >= 4 is 17.2 Å². The molecule has 26 heavy (non-hydrogen) atoms. The van der Waals surface area contributed by atoms with E-state index in [1.54, 1.807) is 11.3 Å². The third kappa shape index (κ3) is 3.37. The van der Waals surface area contributed by atoms with Gasteiger partial charge in [-0.15, -0.1) is 11.3 Å². The Hall–Kier alpha value is -1.88. The van der Waals surface area contributed by atoms with Crippen molar-refractivity contribution in [2.75, 3.05) is 0 Å². The lowest BCUT2D eigenvalue weighted by Crippen LogP contribution is -2.34. The van der Waals surface area contributed by atoms with Crippen molar-refractivity contribution < 1.29 is 5.21 Å². The third-order valence-electron chi connectivity index (χ3n) is 5.75. The maximum atomic E-state index is 8.78. The number of aromatic nitrogens is 1. The van der Waals surface area contributed by atoms with Crippen molar-refractivity contribution in [1.82, 2.24) is 4.98 Å². The molecule has 1 aromatic heterocycles. The average Bonchev–Trinajstić information content (AvgIpc) is 3.06. The normalized spacial score (nSPS) is 18.6. The zero-order valence-corrected chi connectivity index (χ0v) is 17.2. The fourth-order valence-corrected chi connectivity index (χ4v) is 4.71. The van der Waals surface area contributed by atoms with E-state index < -0.39 is 0 Å². The smallest absolute Gasteiger partial charge is 0.146 e. The minimum Gasteiger partial charge on any atom is -0.409 e. The summed E-state index contributed by atoms with van der Waals surface area (Å²) < 4.78 is 0. The van der Waals surface area contributed by atoms with Crippen LogP contribution in [-0.2, 0) is 23.7 Å². The standard InChI is InChI=1S/C21H29N3OS/c1-6-13-9-15-16(21(4,5)8-7-20(15,2)3)10-14(13)17-12-26-19(23-17)11-18(22)24-25/h9-10,12,25H,6-8,11H2,1-5H3,(H2,22,24). The van der Waals surface area contributed by atoms with E-state index in [-0.39, 0.29) is 16.7 Å². The molecule has 0 spiro atoms. The first-order valence-corrected chi connectivity index (χ1v) is 10.1. The summed E-state index contributed by atoms with van der Waals surface area (Å²) in [6.45, 7) is 11.6. The van der Waals surface area contributed by atoms with Gasteiger partial charge in [-0.1, -0.05) is 45.8 Å². The van der Waals surface area contributed by atoms with Crippen molar-refractivity contribution in [1.29, 1.82) is 0 Å². The fraction of sp³-hybridized carbons (Fsp3) is 0.524. The van der Waals surface area contributed by atoms with Gasteiger partial charge in [-0.05, 0) is 52.8 Å². The summed E-state index contributed by atoms with van der Waals surface area (Å²) in [4.78, 5) is 4.76. The predicted molar refractivity (Wildman–Crippen MR) is 109 cm³/mol. The van der Waals surface area contributed by atoms with Crippen molar-refractivity contribution in [3.63, 3.8) is 0 Å². The molecule has 1 aliphatic rings. The lowest BCUT2D eigenvalue weighted by molar-refractivity contribution is 0.317. The van der Waals surface area contributed by atoms with E-state index in [4.69, 9.17) is 15.9 Å². The number of rotatable bonds is 4. The van der Waals surface area contributed by atoms with Crippen LogP contribution in [-0.4, -0.2) is 16.0 Å². The zero-order valence-electron chi connectivity index (χ0n) is 16.4. The quantitative estimate of drug-likeness (QED) is 0.343. The number of nitrogens with two attached hydrogens (primary N) is 1. The summed E-state index contributed by atoms with van der Waals surface area (Å²) in [6, 6.07) is 4.78. The zero-order chi connectivity index (χ0) is 19.1. The summed E-state index contributed by atoms with van der Waals surface area (Å²) >= 11 is 1.56. The molecule has 1 aliphatic carbocycles. The fourth-order valence-electron chi connectivity index (χ4n) is 3.90. The molecule has 3 rings (SSSR count). The highest BCUT2D eigenvalue weighted by molar-refractivity contribution is 7.10. The maximum absolute atomic E-state index is 8.78. The van der Waals surface area contributed by atoms with Gasteiger partial charge >= 0.3 is 0 Å². The van der Waals surface area contributed by atoms with Gasteiger partial charge in [0.1, 0.15) is 10.8 Å². The van der Waals surface area contributed by atoms with Gasteiger partial charge in [-0.3, -0.25) is 0 Å². The highest BCUT2D eigenvalue weighted by Crippen LogP contribution is 2.47. The number of thiazole rings is 1. The summed E-state index contributed by atoms with van der Waals surface area (Å²) in [5.74, 6) is 0.190. The van der Waals surface area contributed by atoms with Crippen LogP contribution in [0.2, 0.25) is 0 Å². The lowest BCUT2D eigenvalue weighted by Gasteiger charge is -2.42. The number of benzene rings is 1. The first kappa shape index (κ1) is 18.9. The second kappa shape index (κ2) is 6.69. The van der Waals surface area contributed by atoms with Gasteiger partial charge in [0.15, 0.2) is 0 Å². The number of nitrogens with zero attached hydrogens (tertiary/aromatic N) is 2. The van der Waals surface area contributed by atoms with E-state index in [2.05, 4.69) is 57.3 Å². The molecule has 1 heterocycles. The molecule has 0 atom stereocenters. The van der Waals surface area contributed by atoms with Gasteiger partial charge in [0.25, 0.3) is 0 Å². The molecule has 0 radical (unpaired) electrons. The summed E-state index contributed by atoms with van der Waals surface area (Å²) in [6.07, 6.45) is 3.78. The maximum Gasteiger partial charge on any atom is 0.146 e. The molecular formula is C21H29N3OS. The Morgan fingerprint density at radius 1 is 1.19 bits per heavy atom. The number of hydrogen-bond acceptors (Lipinski definition) is 4. The van der Waals surface area contributed by atoms with Crippen LogP contribution in [0.4, 0.5) is 0 Å². The molecule has 140 valence electrons. The molecule has 0 fully saturated rings. The highest BCUT2D eigenvalue weighted by atomic mass is 32.1. The van der Waals surface area contributed by atoms with E-state index in [9.17, 15) is 0 Å². The van der Waals surface area contributed by atoms with E-state index in [1.165, 1.54) is 35.1 Å². The SMILES string of the molecule is CCc1cc2c(cc1-c1csc(C/C(N)=N\O)n1)C(C)(C)CCC2(C)C. The third-order valence-corrected chi connectivity index (χ3v) is 6.59. The second-order valence-electron chi connectivity index (χ2n) is 8.57. The largest absolute Gasteiger partial charge is 0.409 e. The summed E-state index contributed by atoms with van der Waals surface area (Å²) in [5, 5.41) is 14.8. The van der Waals surface area contributed by atoms with Gasteiger partial charge < -0.3 is 10.9 Å². The number of aryl methyl sites for hydroxylation is 1. The van der Waals surface area contributed by atoms with Crippen LogP contribution < -0.4 is 5.73 Å². The Labute approximate surface area is 160 Å². The molecule has 0 aliphatic heterocycles. The molecule has 0 unspecified atom stereocenters. The molecule has 0 saturated heterocycles. The van der Waals surface area contributed by atoms with E-state index in [0.29, 0.717) is 6.42 Å². The van der Waals surface area contributed by atoms with Gasteiger partial charge in [0, 0.05) is 10.9 Å². The van der Waals surface area contributed by atoms with Crippen molar-refractivity contribution in [2.45, 2.75) is 71.1 Å². The van der Waals surface area contributed by atoms with Crippen LogP contribution >= 0.6 is 11.3 Å². The van der Waals surface area contributed by atoms with Crippen LogP contribution in [0, 0.1) is 0 Å². The second-order valence-corrected chi connectivity index (χ2v) is 9.51. The monoisotopic (exact) mass is 371 g/mol. The van der Waals surface area contributed by atoms with Crippen LogP contribution in [0.3, 0.4) is 0 Å². The molecule has 2 aromatic rings. The Kier molecular flexibility index (Phi) is 4.86. The minimum absolute atomic E-state index is 0.179. The minimum atomic E-state index is 0.179. The van der Waals surface area contributed by atoms with Crippen LogP contribution in [0.25, 0.3) is 11.3 Å². The van der Waals surface area contributed by atoms with Crippen molar-refractivity contribution in [3.05, 3.63) is 39.2 Å². The number of fused-ring (bicyclic) bond motifs is 1. The van der Waals surface area contributed by atoms with Crippen molar-refractivity contribution in [2.24, 2.45) is 10.9 Å². The van der Waals surface area contributed by atoms with Crippen LogP contribution in [0.5, 0.6) is 0 Å². The first-order chi connectivity index (χ1) is 12.2. The molecule has 5 heteroatoms. The summed E-state index contributed by atoms with van der Waals surface area (Å²) in [5.41, 5.74) is 12.5. The molecule has 1 aromatic carbocycles. The molecule has 3 N–H and O–H groups in total. The van der Waals surface area contributed by atoms with Gasteiger partial charge in [0.05, 0.1) is 12.1 Å². The Morgan fingerprint density at radius 3 is 2.38 bits per heavy atom.